The van der Waals surface area contributed by atoms with Crippen LogP contribution in [-0.2, 0) is 16.0 Å². The number of hydrogen-bond acceptors (Lipinski definition) is 5. The highest BCUT2D eigenvalue weighted by Crippen LogP contribution is 2.28. The molecule has 138 valence electrons. The maximum absolute atomic E-state index is 13.0. The van der Waals surface area contributed by atoms with E-state index in [1.54, 1.807) is 11.8 Å². The molecule has 0 saturated carbocycles. The lowest BCUT2D eigenvalue weighted by atomic mass is 10.1. The molecule has 1 atom stereocenters. The molecular formula is C20H19N3O2S2. The second-order valence-corrected chi connectivity index (χ2v) is 7.15. The first kappa shape index (κ1) is 19.3. The van der Waals surface area contributed by atoms with E-state index in [9.17, 15) is 9.59 Å². The lowest BCUT2D eigenvalue weighted by Gasteiger charge is -2.31. The molecule has 2 aromatic carbocycles. The zero-order valence-corrected chi connectivity index (χ0v) is 16.6. The van der Waals surface area contributed by atoms with Crippen molar-refractivity contribution in [2.75, 3.05) is 11.2 Å². The normalized spacial score (nSPS) is 17.5. The largest absolute Gasteiger partial charge is 0.301 e. The van der Waals surface area contributed by atoms with Crippen molar-refractivity contribution in [1.82, 2.24) is 5.32 Å². The summed E-state index contributed by atoms with van der Waals surface area (Å²) in [5, 5.41) is 2.69. The summed E-state index contributed by atoms with van der Waals surface area (Å²) in [6, 6.07) is 15.1. The predicted octanol–water partition coefficient (Wildman–Crippen LogP) is 3.74. The Kier molecular flexibility index (Phi) is 6.03. The van der Waals surface area contributed by atoms with Crippen LogP contribution in [0.15, 0.2) is 58.4 Å². The Bertz CT molecular complexity index is 910. The van der Waals surface area contributed by atoms with Crippen molar-refractivity contribution in [2.24, 2.45) is 10.9 Å². The fourth-order valence-electron chi connectivity index (χ4n) is 2.74. The fourth-order valence-corrected chi connectivity index (χ4v) is 3.58. The third kappa shape index (κ3) is 4.09. The third-order valence-corrected chi connectivity index (χ3v) is 5.32. The summed E-state index contributed by atoms with van der Waals surface area (Å²) in [5.41, 5.74) is 2.51. The minimum Gasteiger partial charge on any atom is -0.301 e. The Hall–Kier alpha value is -2.51. The smallest absolute Gasteiger partial charge is 0.251 e. The Morgan fingerprint density at radius 3 is 2.56 bits per heavy atom. The van der Waals surface area contributed by atoms with Gasteiger partial charge in [-0.2, -0.15) is 0 Å². The van der Waals surface area contributed by atoms with Gasteiger partial charge in [-0.15, -0.1) is 11.8 Å². The van der Waals surface area contributed by atoms with Gasteiger partial charge in [0.25, 0.3) is 5.91 Å². The van der Waals surface area contributed by atoms with Gasteiger partial charge in [0.2, 0.25) is 5.91 Å². The molecule has 1 fully saturated rings. The summed E-state index contributed by atoms with van der Waals surface area (Å²) in [6.45, 7) is 2.06. The molecule has 0 aliphatic carbocycles. The number of para-hydroxylation sites is 1. The maximum Gasteiger partial charge on any atom is 0.251 e. The van der Waals surface area contributed by atoms with Crippen LogP contribution < -0.4 is 10.2 Å². The average molecular weight is 398 g/mol. The highest BCUT2D eigenvalue weighted by molar-refractivity contribution is 7.98. The van der Waals surface area contributed by atoms with Crippen LogP contribution in [0, 0.1) is 5.92 Å². The van der Waals surface area contributed by atoms with Gasteiger partial charge >= 0.3 is 0 Å². The molecule has 1 N–H and O–H groups in total. The number of thioether (sulfide) groups is 1. The summed E-state index contributed by atoms with van der Waals surface area (Å²) < 4.78 is 0. The number of thiocarbonyl (C=S) groups is 1. The SMILES string of the molecule is CCc1ccc(N2C(=O)[C@@H](C=Nc3ccccc3SC)C(=O)NC2=S)cc1. The molecular weight excluding hydrogens is 378 g/mol. The lowest BCUT2D eigenvalue weighted by Crippen LogP contribution is -2.58. The van der Waals surface area contributed by atoms with Crippen molar-refractivity contribution in [2.45, 2.75) is 18.2 Å². The Labute approximate surface area is 167 Å². The Morgan fingerprint density at radius 2 is 1.89 bits per heavy atom. The second kappa shape index (κ2) is 8.45. The van der Waals surface area contributed by atoms with Crippen molar-refractivity contribution in [3.63, 3.8) is 0 Å². The number of amides is 2. The summed E-state index contributed by atoms with van der Waals surface area (Å²) in [7, 11) is 0. The zero-order chi connectivity index (χ0) is 19.4. The number of anilines is 1. The first-order chi connectivity index (χ1) is 13.0. The van der Waals surface area contributed by atoms with E-state index in [0.29, 0.717) is 5.69 Å². The lowest BCUT2D eigenvalue weighted by molar-refractivity contribution is -0.130. The van der Waals surface area contributed by atoms with E-state index in [-0.39, 0.29) is 5.11 Å². The number of rotatable bonds is 5. The third-order valence-electron chi connectivity index (χ3n) is 4.25. The van der Waals surface area contributed by atoms with Gasteiger partial charge in [0.1, 0.15) is 0 Å². The van der Waals surface area contributed by atoms with Crippen LogP contribution in [-0.4, -0.2) is 29.4 Å². The van der Waals surface area contributed by atoms with E-state index < -0.39 is 17.7 Å². The van der Waals surface area contributed by atoms with Crippen molar-refractivity contribution < 1.29 is 9.59 Å². The molecule has 0 radical (unpaired) electrons. The number of benzene rings is 2. The number of nitrogens with zero attached hydrogens (tertiary/aromatic N) is 2. The van der Waals surface area contributed by atoms with Crippen molar-refractivity contribution in [3.8, 4) is 0 Å². The van der Waals surface area contributed by atoms with Gasteiger partial charge < -0.3 is 5.32 Å². The van der Waals surface area contributed by atoms with Gasteiger partial charge in [0.05, 0.1) is 11.4 Å². The van der Waals surface area contributed by atoms with Crippen LogP contribution in [0.1, 0.15) is 12.5 Å². The quantitative estimate of drug-likeness (QED) is 0.361. The van der Waals surface area contributed by atoms with Crippen LogP contribution in [0.25, 0.3) is 0 Å². The van der Waals surface area contributed by atoms with Gasteiger partial charge in [-0.25, -0.2) is 0 Å². The van der Waals surface area contributed by atoms with Gasteiger partial charge in [0, 0.05) is 11.1 Å². The number of carbonyl (C=O) groups excluding carboxylic acids is 2. The Morgan fingerprint density at radius 1 is 1.19 bits per heavy atom. The first-order valence-electron chi connectivity index (χ1n) is 8.50. The molecule has 0 spiro atoms. The minimum absolute atomic E-state index is 0.0865. The molecule has 0 bridgehead atoms. The molecule has 3 rings (SSSR count). The van der Waals surface area contributed by atoms with Gasteiger partial charge in [0.15, 0.2) is 11.0 Å². The number of hydrogen-bond donors (Lipinski definition) is 1. The molecule has 5 nitrogen and oxygen atoms in total. The minimum atomic E-state index is -1.03. The predicted molar refractivity (Wildman–Crippen MR) is 114 cm³/mol. The number of nitrogens with one attached hydrogen (secondary N) is 1. The van der Waals surface area contributed by atoms with Crippen LogP contribution in [0.4, 0.5) is 11.4 Å². The highest BCUT2D eigenvalue weighted by Gasteiger charge is 2.38. The summed E-state index contributed by atoms with van der Waals surface area (Å²) in [5.74, 6) is -1.90. The molecule has 1 saturated heterocycles. The first-order valence-corrected chi connectivity index (χ1v) is 10.1. The summed E-state index contributed by atoms with van der Waals surface area (Å²) in [4.78, 5) is 32.0. The monoisotopic (exact) mass is 397 g/mol. The molecule has 0 unspecified atom stereocenters. The topological polar surface area (TPSA) is 61.8 Å². The van der Waals surface area contributed by atoms with E-state index in [4.69, 9.17) is 12.2 Å². The highest BCUT2D eigenvalue weighted by atomic mass is 32.2. The molecule has 1 aliphatic heterocycles. The number of aryl methyl sites for hydroxylation is 1. The fraction of sp³-hybridized carbons (Fsp3) is 0.200. The number of aliphatic imine (C=N–C) groups is 1. The van der Waals surface area contributed by atoms with Crippen LogP contribution in [0.3, 0.4) is 0 Å². The molecule has 2 amide bonds. The van der Waals surface area contributed by atoms with Gasteiger partial charge in [-0.1, -0.05) is 31.2 Å². The van der Waals surface area contributed by atoms with Crippen LogP contribution in [0.2, 0.25) is 0 Å². The molecule has 1 aliphatic rings. The standard InChI is InChI=1S/C20H19N3O2S2/c1-3-13-8-10-14(11-9-13)23-19(25)15(18(24)22-20(23)26)12-21-16-6-4-5-7-17(16)27-2/h4-12,15H,3H2,1-2H3,(H,22,24,26)/t15-/m0/s1. The number of carbonyl (C=O) groups is 2. The van der Waals surface area contributed by atoms with Gasteiger partial charge in [-0.05, 0) is 54.7 Å². The molecule has 2 aromatic rings. The van der Waals surface area contributed by atoms with Crippen molar-refractivity contribution in [3.05, 3.63) is 54.1 Å². The molecule has 0 aromatic heterocycles. The van der Waals surface area contributed by atoms with Gasteiger partial charge in [-0.3, -0.25) is 19.5 Å². The van der Waals surface area contributed by atoms with E-state index in [2.05, 4.69) is 17.2 Å². The second-order valence-electron chi connectivity index (χ2n) is 5.92. The van der Waals surface area contributed by atoms with Crippen molar-refractivity contribution >= 4 is 58.5 Å². The van der Waals surface area contributed by atoms with Crippen LogP contribution >= 0.6 is 24.0 Å². The Balaban J connectivity index is 1.89. The molecule has 7 heteroatoms. The van der Waals surface area contributed by atoms with Crippen molar-refractivity contribution in [1.29, 1.82) is 0 Å². The summed E-state index contributed by atoms with van der Waals surface area (Å²) >= 11 is 6.77. The molecule has 1 heterocycles. The maximum atomic E-state index is 13.0. The van der Waals surface area contributed by atoms with E-state index in [1.165, 1.54) is 11.1 Å². The van der Waals surface area contributed by atoms with E-state index >= 15 is 0 Å². The van der Waals surface area contributed by atoms with E-state index in [1.807, 2.05) is 54.8 Å². The van der Waals surface area contributed by atoms with E-state index in [0.717, 1.165) is 22.6 Å². The summed E-state index contributed by atoms with van der Waals surface area (Å²) in [6.07, 6.45) is 4.24. The zero-order valence-electron chi connectivity index (χ0n) is 15.0. The molecule has 27 heavy (non-hydrogen) atoms. The average Bonchev–Trinajstić information content (AvgIpc) is 2.68. The van der Waals surface area contributed by atoms with Crippen LogP contribution in [0.5, 0.6) is 0 Å².